The largest absolute Gasteiger partial charge is 0.481 e. The number of piperazine rings is 1. The number of nitrogens with one attached hydrogen (secondary N) is 1. The first kappa shape index (κ1) is 17.3. The van der Waals surface area contributed by atoms with Crippen LogP contribution < -0.4 is 5.32 Å². The highest BCUT2D eigenvalue weighted by molar-refractivity contribution is 5.97. The van der Waals surface area contributed by atoms with E-state index in [0.717, 1.165) is 0 Å². The van der Waals surface area contributed by atoms with Crippen LogP contribution in [0.25, 0.3) is 0 Å². The van der Waals surface area contributed by atoms with Crippen molar-refractivity contribution in [2.24, 2.45) is 5.92 Å². The lowest BCUT2D eigenvalue weighted by Crippen LogP contribution is -2.56. The molecule has 1 rings (SSSR count). The summed E-state index contributed by atoms with van der Waals surface area (Å²) in [5.41, 5.74) is -0.305. The Morgan fingerprint density at radius 3 is 1.95 bits per heavy atom. The maximum absolute atomic E-state index is 12.1. The number of carboxylic acids is 1. The average Bonchev–Trinajstić information content (AvgIpc) is 2.37. The lowest BCUT2D eigenvalue weighted by Gasteiger charge is -2.37. The zero-order valence-corrected chi connectivity index (χ0v) is 13.2. The van der Waals surface area contributed by atoms with Gasteiger partial charge >= 0.3 is 12.0 Å². The van der Waals surface area contributed by atoms with Gasteiger partial charge < -0.3 is 20.2 Å². The summed E-state index contributed by atoms with van der Waals surface area (Å²) in [6.45, 7) is 8.99. The summed E-state index contributed by atoms with van der Waals surface area (Å²) in [6, 6.07) is -0.153. The minimum absolute atomic E-state index is 0.153. The van der Waals surface area contributed by atoms with Crippen LogP contribution in [0.3, 0.4) is 0 Å². The number of carbonyl (C=O) groups is 3. The van der Waals surface area contributed by atoms with Gasteiger partial charge in [-0.3, -0.25) is 9.59 Å². The molecular formula is C14H25N3O4. The van der Waals surface area contributed by atoms with E-state index >= 15 is 0 Å². The van der Waals surface area contributed by atoms with Gasteiger partial charge in [0.25, 0.3) is 0 Å². The molecule has 1 atom stereocenters. The number of urea groups is 1. The van der Waals surface area contributed by atoms with Gasteiger partial charge in [-0.15, -0.1) is 0 Å². The van der Waals surface area contributed by atoms with Crippen LogP contribution in [0, 0.1) is 5.92 Å². The molecule has 0 spiro atoms. The summed E-state index contributed by atoms with van der Waals surface area (Å²) in [6.07, 6.45) is 0.277. The van der Waals surface area contributed by atoms with Gasteiger partial charge in [0.15, 0.2) is 0 Å². The third-order valence-electron chi connectivity index (χ3n) is 3.36. The molecule has 0 aliphatic carbocycles. The van der Waals surface area contributed by atoms with E-state index in [4.69, 9.17) is 5.11 Å². The Morgan fingerprint density at radius 2 is 1.57 bits per heavy atom. The number of carboxylic acid groups (broad SMARTS) is 1. The molecule has 1 heterocycles. The Hall–Kier alpha value is -1.79. The molecule has 1 saturated heterocycles. The van der Waals surface area contributed by atoms with Gasteiger partial charge in [-0.1, -0.05) is 6.92 Å². The van der Waals surface area contributed by atoms with Gasteiger partial charge in [-0.25, -0.2) is 4.79 Å². The standard InChI is InChI=1S/C14H25N3O4/c1-5-10(12(19)20)11(18)16-6-8-17(9-7-16)13(21)15-14(2,3)4/h10H,5-9H2,1-4H3,(H,15,21)(H,19,20). The van der Waals surface area contributed by atoms with Crippen molar-refractivity contribution in [3.05, 3.63) is 0 Å². The summed E-state index contributed by atoms with van der Waals surface area (Å²) >= 11 is 0. The third-order valence-corrected chi connectivity index (χ3v) is 3.36. The van der Waals surface area contributed by atoms with Crippen LogP contribution in [-0.4, -0.2) is 64.5 Å². The van der Waals surface area contributed by atoms with Crippen molar-refractivity contribution < 1.29 is 19.5 Å². The van der Waals surface area contributed by atoms with Gasteiger partial charge in [0.1, 0.15) is 5.92 Å². The highest BCUT2D eigenvalue weighted by atomic mass is 16.4. The van der Waals surface area contributed by atoms with Crippen molar-refractivity contribution in [2.45, 2.75) is 39.7 Å². The molecule has 0 aromatic carbocycles. The first-order valence-electron chi connectivity index (χ1n) is 7.24. The van der Waals surface area contributed by atoms with E-state index in [1.807, 2.05) is 20.8 Å². The molecule has 0 bridgehead atoms. The Labute approximate surface area is 125 Å². The fourth-order valence-electron chi connectivity index (χ4n) is 2.21. The Morgan fingerprint density at radius 1 is 1.10 bits per heavy atom. The van der Waals surface area contributed by atoms with Crippen molar-refractivity contribution in [2.75, 3.05) is 26.2 Å². The molecule has 21 heavy (non-hydrogen) atoms. The van der Waals surface area contributed by atoms with E-state index in [-0.39, 0.29) is 23.9 Å². The van der Waals surface area contributed by atoms with Crippen LogP contribution in [0.2, 0.25) is 0 Å². The van der Waals surface area contributed by atoms with Gasteiger partial charge in [0.05, 0.1) is 0 Å². The van der Waals surface area contributed by atoms with E-state index in [1.54, 1.807) is 11.8 Å². The monoisotopic (exact) mass is 299 g/mol. The molecule has 3 amide bonds. The van der Waals surface area contributed by atoms with Crippen LogP contribution in [0.1, 0.15) is 34.1 Å². The molecule has 1 unspecified atom stereocenters. The Kier molecular flexibility index (Phi) is 5.57. The first-order valence-corrected chi connectivity index (χ1v) is 7.24. The fourth-order valence-corrected chi connectivity index (χ4v) is 2.21. The molecule has 1 aliphatic rings. The zero-order chi connectivity index (χ0) is 16.2. The summed E-state index contributed by atoms with van der Waals surface area (Å²) < 4.78 is 0. The molecule has 0 radical (unpaired) electrons. The number of rotatable bonds is 3. The summed E-state index contributed by atoms with van der Waals surface area (Å²) in [5, 5.41) is 11.9. The topological polar surface area (TPSA) is 90.0 Å². The Balaban J connectivity index is 2.54. The van der Waals surface area contributed by atoms with Gasteiger partial charge in [-0.2, -0.15) is 0 Å². The molecule has 120 valence electrons. The number of nitrogens with zero attached hydrogens (tertiary/aromatic N) is 2. The van der Waals surface area contributed by atoms with E-state index in [1.165, 1.54) is 4.90 Å². The first-order chi connectivity index (χ1) is 9.65. The molecule has 0 saturated carbocycles. The van der Waals surface area contributed by atoms with Crippen molar-refractivity contribution in [3.8, 4) is 0 Å². The highest BCUT2D eigenvalue weighted by Gasteiger charge is 2.32. The third kappa shape index (κ3) is 4.91. The van der Waals surface area contributed by atoms with Crippen molar-refractivity contribution in [1.82, 2.24) is 15.1 Å². The molecule has 2 N–H and O–H groups in total. The predicted molar refractivity (Wildman–Crippen MR) is 77.9 cm³/mol. The smallest absolute Gasteiger partial charge is 0.317 e. The van der Waals surface area contributed by atoms with E-state index < -0.39 is 11.9 Å². The fraction of sp³-hybridized carbons (Fsp3) is 0.786. The predicted octanol–water partition coefficient (Wildman–Crippen LogP) is 0.750. The molecule has 1 fully saturated rings. The molecule has 0 aromatic heterocycles. The lowest BCUT2D eigenvalue weighted by atomic mass is 10.0. The SMILES string of the molecule is CCC(C(=O)O)C(=O)N1CCN(C(=O)NC(C)(C)C)CC1. The molecule has 0 aromatic rings. The molecule has 7 heteroatoms. The van der Waals surface area contributed by atoms with E-state index in [9.17, 15) is 14.4 Å². The molecule has 1 aliphatic heterocycles. The lowest BCUT2D eigenvalue weighted by molar-refractivity contribution is -0.152. The maximum Gasteiger partial charge on any atom is 0.317 e. The second kappa shape index (κ2) is 6.78. The van der Waals surface area contributed by atoms with Gasteiger partial charge in [0, 0.05) is 31.7 Å². The number of hydrogen-bond donors (Lipinski definition) is 2. The van der Waals surface area contributed by atoms with E-state index in [0.29, 0.717) is 26.2 Å². The summed E-state index contributed by atoms with van der Waals surface area (Å²) in [7, 11) is 0. The van der Waals surface area contributed by atoms with Crippen molar-refractivity contribution in [1.29, 1.82) is 0 Å². The minimum atomic E-state index is -1.09. The van der Waals surface area contributed by atoms with Crippen LogP contribution in [0.4, 0.5) is 4.79 Å². The average molecular weight is 299 g/mol. The van der Waals surface area contributed by atoms with Crippen LogP contribution in [0.15, 0.2) is 0 Å². The van der Waals surface area contributed by atoms with E-state index in [2.05, 4.69) is 5.32 Å². The quantitative estimate of drug-likeness (QED) is 0.752. The number of amides is 3. The maximum atomic E-state index is 12.1. The van der Waals surface area contributed by atoms with Crippen molar-refractivity contribution >= 4 is 17.9 Å². The van der Waals surface area contributed by atoms with Crippen molar-refractivity contribution in [3.63, 3.8) is 0 Å². The van der Waals surface area contributed by atoms with Crippen LogP contribution in [-0.2, 0) is 9.59 Å². The zero-order valence-electron chi connectivity index (χ0n) is 13.2. The normalized spacial score (nSPS) is 17.3. The van der Waals surface area contributed by atoms with Crippen LogP contribution in [0.5, 0.6) is 0 Å². The number of aliphatic carboxylic acids is 1. The summed E-state index contributed by atoms with van der Waals surface area (Å²) in [4.78, 5) is 38.3. The molecular weight excluding hydrogens is 274 g/mol. The second-order valence-corrected chi connectivity index (χ2v) is 6.29. The van der Waals surface area contributed by atoms with Gasteiger partial charge in [0.2, 0.25) is 5.91 Å². The number of carbonyl (C=O) groups excluding carboxylic acids is 2. The summed E-state index contributed by atoms with van der Waals surface area (Å²) in [5.74, 6) is -2.43. The van der Waals surface area contributed by atoms with Gasteiger partial charge in [-0.05, 0) is 27.2 Å². The Bertz CT molecular complexity index is 409. The second-order valence-electron chi connectivity index (χ2n) is 6.29. The minimum Gasteiger partial charge on any atom is -0.481 e. The van der Waals surface area contributed by atoms with Crippen LogP contribution >= 0.6 is 0 Å². The number of hydrogen-bond acceptors (Lipinski definition) is 3. The molecule has 7 nitrogen and oxygen atoms in total. The highest BCUT2D eigenvalue weighted by Crippen LogP contribution is 2.12.